The van der Waals surface area contributed by atoms with Crippen molar-refractivity contribution in [1.29, 1.82) is 0 Å². The fourth-order valence-corrected chi connectivity index (χ4v) is 1.81. The number of nitrogens with zero attached hydrogens (tertiary/aromatic N) is 1. The molecule has 1 aromatic rings. The number of benzene rings is 1. The summed E-state index contributed by atoms with van der Waals surface area (Å²) in [5, 5.41) is 0. The van der Waals surface area contributed by atoms with Crippen LogP contribution in [0, 0.1) is 0 Å². The third-order valence-electron chi connectivity index (χ3n) is 3.05. The molecule has 1 aromatic carbocycles. The summed E-state index contributed by atoms with van der Waals surface area (Å²) in [6, 6.07) is 10.3. The van der Waals surface area contributed by atoms with Gasteiger partial charge in [-0.05, 0) is 12.1 Å². The van der Waals surface area contributed by atoms with E-state index in [9.17, 15) is 0 Å². The molecule has 0 heterocycles. The molecule has 4 heteroatoms. The molecule has 0 aliphatic carbocycles. The molecule has 0 bridgehead atoms. The van der Waals surface area contributed by atoms with Gasteiger partial charge in [-0.15, -0.1) is 0 Å². The Kier molecular flexibility index (Phi) is 6.29. The lowest BCUT2D eigenvalue weighted by Gasteiger charge is -2.36. The molecule has 0 amide bonds. The fourth-order valence-electron chi connectivity index (χ4n) is 1.81. The fraction of sp³-hybridized carbons (Fsp3) is 0.571. The zero-order valence-corrected chi connectivity index (χ0v) is 11.8. The van der Waals surface area contributed by atoms with E-state index in [1.54, 1.807) is 14.2 Å². The van der Waals surface area contributed by atoms with Crippen LogP contribution in [0.4, 0.5) is 5.69 Å². The lowest BCUT2D eigenvalue weighted by molar-refractivity contribution is -0.0832. The number of quaternary nitrogens is 1. The van der Waals surface area contributed by atoms with E-state index in [0.717, 1.165) is 0 Å². The molecule has 1 rings (SSSR count). The van der Waals surface area contributed by atoms with Gasteiger partial charge in [0.2, 0.25) is 6.23 Å². The molecule has 0 aromatic heterocycles. The predicted molar refractivity (Wildman–Crippen MR) is 73.6 cm³/mol. The van der Waals surface area contributed by atoms with E-state index < -0.39 is 0 Å². The molecule has 1 unspecified atom stereocenters. The van der Waals surface area contributed by atoms with Gasteiger partial charge in [-0.25, -0.2) is 0 Å². The van der Waals surface area contributed by atoms with E-state index in [2.05, 4.69) is 26.2 Å². The first-order valence-corrected chi connectivity index (χ1v) is 6.11. The predicted octanol–water partition coefficient (Wildman–Crippen LogP) is 1.89. The summed E-state index contributed by atoms with van der Waals surface area (Å²) in [4.78, 5) is 0. The lowest BCUT2D eigenvalue weighted by Crippen LogP contribution is -2.54. The van der Waals surface area contributed by atoms with Crippen molar-refractivity contribution in [3.63, 3.8) is 0 Å². The van der Waals surface area contributed by atoms with Gasteiger partial charge in [-0.1, -0.05) is 18.2 Å². The first-order valence-electron chi connectivity index (χ1n) is 6.11. The van der Waals surface area contributed by atoms with Gasteiger partial charge >= 0.3 is 0 Å². The van der Waals surface area contributed by atoms with Crippen LogP contribution in [0.2, 0.25) is 0 Å². The van der Waals surface area contributed by atoms with Crippen molar-refractivity contribution in [2.75, 3.05) is 48.1 Å². The average Bonchev–Trinajstić information content (AvgIpc) is 2.39. The largest absolute Gasteiger partial charge is 0.382 e. The minimum atomic E-state index is -0.0486. The zero-order valence-electron chi connectivity index (χ0n) is 11.8. The van der Waals surface area contributed by atoms with Crippen molar-refractivity contribution in [3.05, 3.63) is 30.3 Å². The van der Waals surface area contributed by atoms with Crippen LogP contribution in [0.3, 0.4) is 0 Å². The van der Waals surface area contributed by atoms with E-state index in [4.69, 9.17) is 14.2 Å². The second-order valence-corrected chi connectivity index (χ2v) is 4.65. The molecule has 0 aliphatic rings. The Labute approximate surface area is 110 Å². The Morgan fingerprint density at radius 3 is 2.22 bits per heavy atom. The van der Waals surface area contributed by atoms with Crippen LogP contribution in [0.25, 0.3) is 0 Å². The van der Waals surface area contributed by atoms with Crippen molar-refractivity contribution in [1.82, 2.24) is 4.48 Å². The maximum absolute atomic E-state index is 5.86. The van der Waals surface area contributed by atoms with Crippen LogP contribution in [-0.2, 0) is 14.2 Å². The van der Waals surface area contributed by atoms with E-state index in [1.165, 1.54) is 5.69 Å². The molecule has 0 N–H and O–H groups in total. The van der Waals surface area contributed by atoms with Gasteiger partial charge in [0.25, 0.3) is 0 Å². The topological polar surface area (TPSA) is 27.7 Å². The van der Waals surface area contributed by atoms with Crippen LogP contribution < -0.4 is 4.48 Å². The van der Waals surface area contributed by atoms with Gasteiger partial charge in [-0.2, -0.15) is 0 Å². The summed E-state index contributed by atoms with van der Waals surface area (Å²) in [5.41, 5.74) is 1.19. The summed E-state index contributed by atoms with van der Waals surface area (Å²) >= 11 is 0. The minimum absolute atomic E-state index is 0.0486. The highest BCUT2D eigenvalue weighted by molar-refractivity contribution is 5.41. The molecule has 18 heavy (non-hydrogen) atoms. The van der Waals surface area contributed by atoms with Crippen LogP contribution in [0.1, 0.15) is 0 Å². The summed E-state index contributed by atoms with van der Waals surface area (Å²) in [6.07, 6.45) is -0.0486. The molecule has 0 aliphatic heterocycles. The summed E-state index contributed by atoms with van der Waals surface area (Å²) in [7, 11) is 7.60. The highest BCUT2D eigenvalue weighted by Gasteiger charge is 2.31. The Bertz CT molecular complexity index is 327. The third-order valence-corrected chi connectivity index (χ3v) is 3.05. The molecule has 102 valence electrons. The van der Waals surface area contributed by atoms with Gasteiger partial charge in [0.15, 0.2) is 0 Å². The second-order valence-electron chi connectivity index (χ2n) is 4.65. The molecule has 1 atom stereocenters. The maximum Gasteiger partial charge on any atom is 0.221 e. The van der Waals surface area contributed by atoms with Crippen LogP contribution in [0.15, 0.2) is 30.3 Å². The van der Waals surface area contributed by atoms with Crippen molar-refractivity contribution in [3.8, 4) is 0 Å². The molecule has 0 radical (unpaired) electrons. The minimum Gasteiger partial charge on any atom is -0.382 e. The van der Waals surface area contributed by atoms with Crippen LogP contribution in [0.5, 0.6) is 0 Å². The number of rotatable bonds is 8. The van der Waals surface area contributed by atoms with Crippen molar-refractivity contribution >= 4 is 5.69 Å². The number of hydrogen-bond acceptors (Lipinski definition) is 3. The molecule has 0 spiro atoms. The summed E-state index contributed by atoms with van der Waals surface area (Å²) < 4.78 is 16.8. The SMILES string of the molecule is COCCOC(COC)[N+](C)(C)c1ccccc1. The first kappa shape index (κ1) is 15.1. The summed E-state index contributed by atoms with van der Waals surface area (Å²) in [5.74, 6) is 0. The first-order chi connectivity index (χ1) is 8.62. The quantitative estimate of drug-likeness (QED) is 0.403. The molecular weight excluding hydrogens is 230 g/mol. The van der Waals surface area contributed by atoms with Gasteiger partial charge in [0.1, 0.15) is 12.3 Å². The number of methoxy groups -OCH3 is 2. The highest BCUT2D eigenvalue weighted by Crippen LogP contribution is 2.22. The number of hydrogen-bond donors (Lipinski definition) is 0. The average molecular weight is 254 g/mol. The maximum atomic E-state index is 5.86. The third kappa shape index (κ3) is 4.07. The van der Waals surface area contributed by atoms with E-state index >= 15 is 0 Å². The van der Waals surface area contributed by atoms with Crippen molar-refractivity contribution in [2.24, 2.45) is 0 Å². The Morgan fingerprint density at radius 1 is 1.00 bits per heavy atom. The Morgan fingerprint density at radius 2 is 1.67 bits per heavy atom. The van der Waals surface area contributed by atoms with E-state index in [-0.39, 0.29) is 6.23 Å². The van der Waals surface area contributed by atoms with E-state index in [0.29, 0.717) is 24.3 Å². The van der Waals surface area contributed by atoms with Crippen molar-refractivity contribution < 1.29 is 14.2 Å². The smallest absolute Gasteiger partial charge is 0.221 e. The number of para-hydroxylation sites is 1. The molecular formula is C14H24NO3+. The summed E-state index contributed by atoms with van der Waals surface area (Å²) in [6.45, 7) is 1.71. The monoisotopic (exact) mass is 254 g/mol. The number of ether oxygens (including phenoxy) is 3. The second kappa shape index (κ2) is 7.48. The Hall–Kier alpha value is -0.940. The number of likely N-dealkylation sites (N-methyl/N-ethyl adjacent to an activating group) is 1. The van der Waals surface area contributed by atoms with Crippen LogP contribution >= 0.6 is 0 Å². The van der Waals surface area contributed by atoms with Gasteiger partial charge < -0.3 is 14.2 Å². The highest BCUT2D eigenvalue weighted by atomic mass is 16.6. The van der Waals surface area contributed by atoms with Gasteiger partial charge in [0.05, 0.1) is 27.3 Å². The molecule has 0 saturated heterocycles. The van der Waals surface area contributed by atoms with Gasteiger partial charge in [0, 0.05) is 14.2 Å². The van der Waals surface area contributed by atoms with Crippen LogP contribution in [-0.4, -0.2) is 54.4 Å². The lowest BCUT2D eigenvalue weighted by atomic mass is 10.2. The molecule has 4 nitrogen and oxygen atoms in total. The normalized spacial score (nSPS) is 13.6. The molecule has 0 saturated carbocycles. The zero-order chi connectivity index (χ0) is 13.4. The standard InChI is InChI=1S/C14H24NO3/c1-15(2,13-8-6-5-7-9-13)14(12-17-4)18-11-10-16-3/h5-9,14H,10-12H2,1-4H3/q+1. The van der Waals surface area contributed by atoms with Crippen molar-refractivity contribution in [2.45, 2.75) is 6.23 Å². The Balaban J connectivity index is 2.76. The van der Waals surface area contributed by atoms with E-state index in [1.807, 2.05) is 18.2 Å². The molecule has 0 fully saturated rings. The van der Waals surface area contributed by atoms with Gasteiger partial charge in [-0.3, -0.25) is 4.48 Å².